The Morgan fingerprint density at radius 1 is 1.29 bits per heavy atom. The summed E-state index contributed by atoms with van der Waals surface area (Å²) >= 11 is 0. The Bertz CT molecular complexity index is 629. The van der Waals surface area contributed by atoms with Gasteiger partial charge in [0.25, 0.3) is 0 Å². The highest BCUT2D eigenvalue weighted by Crippen LogP contribution is 2.35. The Hall–Kier alpha value is -1.97. The molecule has 0 fully saturated rings. The van der Waals surface area contributed by atoms with Gasteiger partial charge in [-0.2, -0.15) is 5.10 Å². The zero-order valence-corrected chi connectivity index (χ0v) is 13.6. The van der Waals surface area contributed by atoms with Gasteiger partial charge in [-0.3, -0.25) is 0 Å². The van der Waals surface area contributed by atoms with Crippen LogP contribution in [0.2, 0.25) is 0 Å². The largest absolute Gasteiger partial charge is 0.437 e. The highest BCUT2D eigenvalue weighted by Gasteiger charge is 2.17. The summed E-state index contributed by atoms with van der Waals surface area (Å²) < 4.78 is 8.02. The molecule has 0 unspecified atom stereocenters. The number of anilines is 1. The quantitative estimate of drug-likeness (QED) is 0.886. The number of nitrogens with zero attached hydrogens (tertiary/aromatic N) is 2. The first-order valence-electron chi connectivity index (χ1n) is 7.55. The molecule has 0 saturated carbocycles. The summed E-state index contributed by atoms with van der Waals surface area (Å²) in [5.74, 6) is 1.92. The third-order valence-electron chi connectivity index (χ3n) is 3.56. The van der Waals surface area contributed by atoms with E-state index in [0.717, 1.165) is 24.4 Å². The summed E-state index contributed by atoms with van der Waals surface area (Å²) in [7, 11) is 0. The second-order valence-corrected chi connectivity index (χ2v) is 5.83. The summed E-state index contributed by atoms with van der Waals surface area (Å²) in [4.78, 5) is 0. The Morgan fingerprint density at radius 3 is 2.62 bits per heavy atom. The van der Waals surface area contributed by atoms with Crippen molar-refractivity contribution in [3.63, 3.8) is 0 Å². The molecule has 0 amide bonds. The normalized spacial score (nSPS) is 11.1. The number of aryl methyl sites for hydroxylation is 3. The van der Waals surface area contributed by atoms with Crippen LogP contribution in [0.3, 0.4) is 0 Å². The van der Waals surface area contributed by atoms with Crippen LogP contribution < -0.4 is 10.5 Å². The predicted molar refractivity (Wildman–Crippen MR) is 87.0 cm³/mol. The van der Waals surface area contributed by atoms with Gasteiger partial charge >= 0.3 is 0 Å². The van der Waals surface area contributed by atoms with Crippen LogP contribution >= 0.6 is 0 Å². The third-order valence-corrected chi connectivity index (χ3v) is 3.56. The van der Waals surface area contributed by atoms with Crippen molar-refractivity contribution < 1.29 is 4.74 Å². The van der Waals surface area contributed by atoms with Crippen LogP contribution in [0.4, 0.5) is 5.69 Å². The van der Waals surface area contributed by atoms with Crippen LogP contribution in [-0.4, -0.2) is 9.78 Å². The van der Waals surface area contributed by atoms with Gasteiger partial charge in [-0.25, -0.2) is 4.68 Å². The third kappa shape index (κ3) is 3.20. The molecule has 1 heterocycles. The maximum Gasteiger partial charge on any atom is 0.241 e. The standard InChI is InChI=1S/C17H25N3O/c1-6-9-20-17(16(18)13(5)19-20)21-15-10-12(4)7-8-14(15)11(2)3/h7-8,10-11H,6,9,18H2,1-5H3. The monoisotopic (exact) mass is 287 g/mol. The minimum Gasteiger partial charge on any atom is -0.437 e. The van der Waals surface area contributed by atoms with Crippen LogP contribution in [0.1, 0.15) is 49.9 Å². The summed E-state index contributed by atoms with van der Waals surface area (Å²) in [6.45, 7) is 11.2. The first kappa shape index (κ1) is 15.4. The van der Waals surface area contributed by atoms with E-state index in [9.17, 15) is 0 Å². The molecule has 0 spiro atoms. The van der Waals surface area contributed by atoms with Gasteiger partial charge < -0.3 is 10.5 Å². The summed E-state index contributed by atoms with van der Waals surface area (Å²) in [6.07, 6.45) is 0.988. The summed E-state index contributed by atoms with van der Waals surface area (Å²) in [5, 5.41) is 4.46. The van der Waals surface area contributed by atoms with Crippen LogP contribution in [-0.2, 0) is 6.54 Å². The molecule has 0 aliphatic carbocycles. The van der Waals surface area contributed by atoms with Gasteiger partial charge in [0, 0.05) is 6.54 Å². The van der Waals surface area contributed by atoms with Crippen molar-refractivity contribution in [3.8, 4) is 11.6 Å². The number of benzene rings is 1. The zero-order chi connectivity index (χ0) is 15.6. The molecule has 0 aliphatic rings. The van der Waals surface area contributed by atoms with Crippen molar-refractivity contribution in [1.82, 2.24) is 9.78 Å². The molecular formula is C17H25N3O. The lowest BCUT2D eigenvalue weighted by atomic mass is 10.0. The van der Waals surface area contributed by atoms with E-state index in [2.05, 4.69) is 51.0 Å². The van der Waals surface area contributed by atoms with Gasteiger partial charge in [0.1, 0.15) is 11.4 Å². The van der Waals surface area contributed by atoms with E-state index in [-0.39, 0.29) is 0 Å². The molecule has 1 aromatic carbocycles. The second-order valence-electron chi connectivity index (χ2n) is 5.83. The second kappa shape index (κ2) is 6.20. The number of nitrogen functional groups attached to an aromatic ring is 1. The maximum atomic E-state index is 6.16. The molecule has 0 atom stereocenters. The molecule has 21 heavy (non-hydrogen) atoms. The molecule has 2 N–H and O–H groups in total. The number of aromatic nitrogens is 2. The Kier molecular flexibility index (Phi) is 4.56. The van der Waals surface area contributed by atoms with E-state index in [1.807, 2.05) is 11.6 Å². The predicted octanol–water partition coefficient (Wildman–Crippen LogP) is 4.41. The van der Waals surface area contributed by atoms with Gasteiger partial charge in [-0.1, -0.05) is 32.9 Å². The van der Waals surface area contributed by atoms with Crippen LogP contribution in [0.25, 0.3) is 0 Å². The van der Waals surface area contributed by atoms with E-state index in [4.69, 9.17) is 10.5 Å². The molecule has 0 bridgehead atoms. The molecule has 2 aromatic rings. The maximum absolute atomic E-state index is 6.16. The number of rotatable bonds is 5. The van der Waals surface area contributed by atoms with Crippen LogP contribution in [0.15, 0.2) is 18.2 Å². The fraction of sp³-hybridized carbons (Fsp3) is 0.471. The Labute approximate surface area is 126 Å². The van der Waals surface area contributed by atoms with Gasteiger partial charge in [-0.15, -0.1) is 0 Å². The van der Waals surface area contributed by atoms with E-state index in [0.29, 0.717) is 17.5 Å². The lowest BCUT2D eigenvalue weighted by molar-refractivity contribution is 0.405. The lowest BCUT2D eigenvalue weighted by Gasteiger charge is -2.15. The highest BCUT2D eigenvalue weighted by atomic mass is 16.5. The topological polar surface area (TPSA) is 53.1 Å². The smallest absolute Gasteiger partial charge is 0.241 e. The fourth-order valence-electron chi connectivity index (χ4n) is 2.36. The van der Waals surface area contributed by atoms with Crippen molar-refractivity contribution in [2.45, 2.75) is 53.5 Å². The molecule has 0 radical (unpaired) electrons. The van der Waals surface area contributed by atoms with Crippen molar-refractivity contribution in [2.24, 2.45) is 0 Å². The molecule has 4 heteroatoms. The van der Waals surface area contributed by atoms with Crippen LogP contribution in [0, 0.1) is 13.8 Å². The Balaban J connectivity index is 2.44. The molecular weight excluding hydrogens is 262 g/mol. The van der Waals surface area contributed by atoms with E-state index < -0.39 is 0 Å². The lowest BCUT2D eigenvalue weighted by Crippen LogP contribution is -2.04. The molecule has 114 valence electrons. The van der Waals surface area contributed by atoms with Gasteiger partial charge in [0.15, 0.2) is 0 Å². The van der Waals surface area contributed by atoms with E-state index in [1.165, 1.54) is 11.1 Å². The molecule has 2 rings (SSSR count). The average molecular weight is 287 g/mol. The minimum absolute atomic E-state index is 0.394. The number of hydrogen-bond acceptors (Lipinski definition) is 3. The Morgan fingerprint density at radius 2 is 2.00 bits per heavy atom. The molecule has 4 nitrogen and oxygen atoms in total. The average Bonchev–Trinajstić information content (AvgIpc) is 2.67. The first-order chi connectivity index (χ1) is 9.93. The zero-order valence-electron chi connectivity index (χ0n) is 13.6. The van der Waals surface area contributed by atoms with Gasteiger partial charge in [0.05, 0.1) is 5.69 Å². The summed E-state index contributed by atoms with van der Waals surface area (Å²) in [5.41, 5.74) is 9.93. The van der Waals surface area contributed by atoms with E-state index >= 15 is 0 Å². The van der Waals surface area contributed by atoms with Crippen molar-refractivity contribution in [2.75, 3.05) is 5.73 Å². The van der Waals surface area contributed by atoms with Gasteiger partial charge in [-0.05, 0) is 43.4 Å². The SMILES string of the molecule is CCCn1nc(C)c(N)c1Oc1cc(C)ccc1C(C)C. The molecule has 0 saturated heterocycles. The van der Waals surface area contributed by atoms with E-state index in [1.54, 1.807) is 0 Å². The van der Waals surface area contributed by atoms with Crippen molar-refractivity contribution >= 4 is 5.69 Å². The number of ether oxygens (including phenoxy) is 1. The highest BCUT2D eigenvalue weighted by molar-refractivity contribution is 5.55. The molecule has 0 aliphatic heterocycles. The van der Waals surface area contributed by atoms with Crippen LogP contribution in [0.5, 0.6) is 11.6 Å². The van der Waals surface area contributed by atoms with Crippen molar-refractivity contribution in [1.29, 1.82) is 0 Å². The summed E-state index contributed by atoms with van der Waals surface area (Å²) in [6, 6.07) is 6.30. The molecule has 1 aromatic heterocycles. The first-order valence-corrected chi connectivity index (χ1v) is 7.55. The number of hydrogen-bond donors (Lipinski definition) is 1. The fourth-order valence-corrected chi connectivity index (χ4v) is 2.36. The van der Waals surface area contributed by atoms with Crippen molar-refractivity contribution in [3.05, 3.63) is 35.0 Å². The van der Waals surface area contributed by atoms with Gasteiger partial charge in [0.2, 0.25) is 5.88 Å². The minimum atomic E-state index is 0.394. The number of nitrogens with two attached hydrogens (primary N) is 1.